The van der Waals surface area contributed by atoms with Gasteiger partial charge in [-0.2, -0.15) is 5.10 Å². The van der Waals surface area contributed by atoms with Crippen molar-refractivity contribution in [2.75, 3.05) is 0 Å². The van der Waals surface area contributed by atoms with Gasteiger partial charge < -0.3 is 4.42 Å². The van der Waals surface area contributed by atoms with Gasteiger partial charge in [0.15, 0.2) is 5.76 Å². The maximum Gasteiger partial charge on any atom is 0.433 e. The molecule has 2 aromatic carbocycles. The van der Waals surface area contributed by atoms with Gasteiger partial charge in [0.2, 0.25) is 0 Å². The number of nitrogens with zero attached hydrogens (tertiary/aromatic N) is 3. The number of nitro groups is 1. The molecule has 0 aliphatic rings. The van der Waals surface area contributed by atoms with Crippen LogP contribution < -0.4 is 0 Å². The highest BCUT2D eigenvalue weighted by molar-refractivity contribution is 5.92. The highest BCUT2D eigenvalue weighted by Crippen LogP contribution is 2.31. The molecule has 2 aromatic heterocycles. The van der Waals surface area contributed by atoms with Crippen LogP contribution in [-0.4, -0.2) is 14.7 Å². The lowest BCUT2D eigenvalue weighted by Gasteiger charge is -2.03. The Morgan fingerprint density at radius 2 is 1.75 bits per heavy atom. The van der Waals surface area contributed by atoms with E-state index in [2.05, 4.69) is 5.10 Å². The zero-order chi connectivity index (χ0) is 16.5. The minimum absolute atomic E-state index is 0.285. The number of para-hydroxylation sites is 1. The van der Waals surface area contributed by atoms with E-state index in [9.17, 15) is 10.1 Å². The fourth-order valence-corrected chi connectivity index (χ4v) is 2.74. The van der Waals surface area contributed by atoms with Gasteiger partial charge in [0, 0.05) is 5.39 Å². The summed E-state index contributed by atoms with van der Waals surface area (Å²) in [6.45, 7) is 0.615. The number of rotatable bonds is 4. The topological polar surface area (TPSA) is 74.1 Å². The standard InChI is InChI=1S/C18H13N3O3/c22-21(23)17-11-10-16(24-17)18-14-8-4-5-9-15(14)20(19-18)12-13-6-2-1-3-7-13/h1-11H,12H2. The van der Waals surface area contributed by atoms with Gasteiger partial charge in [0.25, 0.3) is 0 Å². The van der Waals surface area contributed by atoms with Crippen LogP contribution in [0.15, 0.2) is 71.1 Å². The molecule has 0 fully saturated rings. The van der Waals surface area contributed by atoms with E-state index < -0.39 is 4.92 Å². The summed E-state index contributed by atoms with van der Waals surface area (Å²) in [7, 11) is 0. The molecule has 0 N–H and O–H groups in total. The van der Waals surface area contributed by atoms with E-state index in [4.69, 9.17) is 4.42 Å². The Bertz CT molecular complexity index is 1020. The first kappa shape index (κ1) is 14.2. The number of hydrogen-bond donors (Lipinski definition) is 0. The van der Waals surface area contributed by atoms with Crippen LogP contribution in [0, 0.1) is 10.1 Å². The molecule has 4 aromatic rings. The first-order valence-corrected chi connectivity index (χ1v) is 7.46. The van der Waals surface area contributed by atoms with Crippen molar-refractivity contribution >= 4 is 16.8 Å². The van der Waals surface area contributed by atoms with Crippen molar-refractivity contribution in [2.24, 2.45) is 0 Å². The SMILES string of the molecule is O=[N+]([O-])c1ccc(-c2nn(Cc3ccccc3)c3ccccc23)o1. The highest BCUT2D eigenvalue weighted by atomic mass is 16.6. The Hall–Kier alpha value is -3.41. The van der Waals surface area contributed by atoms with Crippen molar-refractivity contribution in [2.45, 2.75) is 6.54 Å². The van der Waals surface area contributed by atoms with Crippen LogP contribution in [0.3, 0.4) is 0 Å². The van der Waals surface area contributed by atoms with Gasteiger partial charge in [0.05, 0.1) is 18.1 Å². The van der Waals surface area contributed by atoms with Crippen LogP contribution in [0.1, 0.15) is 5.56 Å². The number of fused-ring (bicyclic) bond motifs is 1. The van der Waals surface area contributed by atoms with Crippen molar-refractivity contribution in [3.63, 3.8) is 0 Å². The molecule has 6 nitrogen and oxygen atoms in total. The molecule has 2 heterocycles. The first-order chi connectivity index (χ1) is 11.7. The molecule has 0 amide bonds. The summed E-state index contributed by atoms with van der Waals surface area (Å²) in [5.74, 6) is 0.108. The van der Waals surface area contributed by atoms with Crippen molar-refractivity contribution in [3.05, 3.63) is 82.4 Å². The monoisotopic (exact) mass is 319 g/mol. The van der Waals surface area contributed by atoms with E-state index >= 15 is 0 Å². The fraction of sp³-hybridized carbons (Fsp3) is 0.0556. The van der Waals surface area contributed by atoms with E-state index in [0.717, 1.165) is 16.5 Å². The molecule has 0 atom stereocenters. The normalized spacial score (nSPS) is 11.0. The minimum Gasteiger partial charge on any atom is -0.399 e. The van der Waals surface area contributed by atoms with Crippen molar-refractivity contribution in [3.8, 4) is 11.5 Å². The largest absolute Gasteiger partial charge is 0.433 e. The third-order valence-corrected chi connectivity index (χ3v) is 3.84. The van der Waals surface area contributed by atoms with E-state index in [1.807, 2.05) is 59.3 Å². The third kappa shape index (κ3) is 2.44. The maximum atomic E-state index is 10.8. The van der Waals surface area contributed by atoms with Gasteiger partial charge in [-0.25, -0.2) is 0 Å². The molecule has 0 saturated carbocycles. The second-order valence-corrected chi connectivity index (χ2v) is 5.40. The van der Waals surface area contributed by atoms with Gasteiger partial charge in [-0.3, -0.25) is 14.8 Å². The van der Waals surface area contributed by atoms with Crippen molar-refractivity contribution < 1.29 is 9.34 Å². The van der Waals surface area contributed by atoms with E-state index in [1.165, 1.54) is 6.07 Å². The Balaban J connectivity index is 1.83. The van der Waals surface area contributed by atoms with E-state index in [-0.39, 0.29) is 5.88 Å². The molecule has 0 radical (unpaired) electrons. The molecule has 0 aliphatic heterocycles. The summed E-state index contributed by atoms with van der Waals surface area (Å²) < 4.78 is 7.21. The molecule has 0 bridgehead atoms. The van der Waals surface area contributed by atoms with Crippen molar-refractivity contribution in [1.82, 2.24) is 9.78 Å². The lowest BCUT2D eigenvalue weighted by Crippen LogP contribution is -2.01. The summed E-state index contributed by atoms with van der Waals surface area (Å²) in [6.07, 6.45) is 0. The summed E-state index contributed by atoms with van der Waals surface area (Å²) in [6, 6.07) is 20.7. The number of benzene rings is 2. The molecular formula is C18H13N3O3. The fourth-order valence-electron chi connectivity index (χ4n) is 2.74. The van der Waals surface area contributed by atoms with Gasteiger partial charge >= 0.3 is 5.88 Å². The molecule has 0 unspecified atom stereocenters. The van der Waals surface area contributed by atoms with Crippen LogP contribution in [0.2, 0.25) is 0 Å². The molecule has 4 rings (SSSR count). The van der Waals surface area contributed by atoms with Gasteiger partial charge in [0.1, 0.15) is 10.6 Å². The third-order valence-electron chi connectivity index (χ3n) is 3.84. The first-order valence-electron chi connectivity index (χ1n) is 7.46. The number of hydrogen-bond acceptors (Lipinski definition) is 4. The van der Waals surface area contributed by atoms with Gasteiger partial charge in [-0.1, -0.05) is 48.5 Å². The van der Waals surface area contributed by atoms with Gasteiger partial charge in [-0.05, 0) is 17.7 Å². The lowest BCUT2D eigenvalue weighted by molar-refractivity contribution is -0.401. The summed E-state index contributed by atoms with van der Waals surface area (Å²) in [4.78, 5) is 10.3. The second kappa shape index (κ2) is 5.66. The number of aromatic nitrogens is 2. The second-order valence-electron chi connectivity index (χ2n) is 5.40. The predicted octanol–water partition coefficient (Wildman–Crippen LogP) is 4.25. The quantitative estimate of drug-likeness (QED) is 0.416. The van der Waals surface area contributed by atoms with Crippen LogP contribution in [-0.2, 0) is 6.54 Å². The van der Waals surface area contributed by atoms with Crippen LogP contribution in [0.25, 0.3) is 22.4 Å². The predicted molar refractivity (Wildman–Crippen MR) is 89.6 cm³/mol. The van der Waals surface area contributed by atoms with Gasteiger partial charge in [-0.15, -0.1) is 0 Å². The Morgan fingerprint density at radius 3 is 2.50 bits per heavy atom. The average molecular weight is 319 g/mol. The summed E-state index contributed by atoms with van der Waals surface area (Å²) in [5.41, 5.74) is 2.69. The number of furan rings is 1. The Kier molecular flexibility index (Phi) is 3.35. The Morgan fingerprint density at radius 1 is 1.00 bits per heavy atom. The highest BCUT2D eigenvalue weighted by Gasteiger charge is 2.18. The summed E-state index contributed by atoms with van der Waals surface area (Å²) >= 11 is 0. The Labute approximate surface area is 137 Å². The van der Waals surface area contributed by atoms with Crippen LogP contribution >= 0.6 is 0 Å². The van der Waals surface area contributed by atoms with Crippen LogP contribution in [0.4, 0.5) is 5.88 Å². The molecule has 24 heavy (non-hydrogen) atoms. The summed E-state index contributed by atoms with van der Waals surface area (Å²) in [5, 5.41) is 16.4. The maximum absolute atomic E-state index is 10.8. The molecule has 6 heteroatoms. The van der Waals surface area contributed by atoms with E-state index in [1.54, 1.807) is 6.07 Å². The molecule has 0 saturated heterocycles. The van der Waals surface area contributed by atoms with E-state index in [0.29, 0.717) is 18.0 Å². The molecule has 118 valence electrons. The zero-order valence-electron chi connectivity index (χ0n) is 12.6. The minimum atomic E-state index is -0.549. The van der Waals surface area contributed by atoms with Crippen LogP contribution in [0.5, 0.6) is 0 Å². The average Bonchev–Trinajstić information content (AvgIpc) is 3.21. The molecular weight excluding hydrogens is 306 g/mol. The van der Waals surface area contributed by atoms with Crippen molar-refractivity contribution in [1.29, 1.82) is 0 Å². The molecule has 0 aliphatic carbocycles. The zero-order valence-corrected chi connectivity index (χ0v) is 12.6. The lowest BCUT2D eigenvalue weighted by atomic mass is 10.2. The molecule has 0 spiro atoms. The smallest absolute Gasteiger partial charge is 0.399 e.